The van der Waals surface area contributed by atoms with Gasteiger partial charge in [0.1, 0.15) is 18.2 Å². The number of rotatable bonds is 3. The summed E-state index contributed by atoms with van der Waals surface area (Å²) in [5, 5.41) is 0. The van der Waals surface area contributed by atoms with E-state index in [1.54, 1.807) is 6.07 Å². The standard InChI is InChI=1S/C16H15BrFNO/c17-15-8-12(18)3-1-11(15)9-20-13-4-5-14-10(7-13)2-6-16(14)19/h1,3-5,7-8,16H,2,6,9,19H2/t16-/m1/s1. The van der Waals surface area contributed by atoms with Gasteiger partial charge in [-0.2, -0.15) is 0 Å². The fraction of sp³-hybridized carbons (Fsp3) is 0.250. The van der Waals surface area contributed by atoms with Gasteiger partial charge in [-0.1, -0.05) is 28.1 Å². The second-order valence-corrected chi connectivity index (χ2v) is 5.88. The second-order valence-electron chi connectivity index (χ2n) is 5.03. The largest absolute Gasteiger partial charge is 0.489 e. The lowest BCUT2D eigenvalue weighted by Gasteiger charge is -2.10. The van der Waals surface area contributed by atoms with Crippen LogP contribution >= 0.6 is 15.9 Å². The number of hydrogen-bond donors (Lipinski definition) is 1. The molecule has 0 amide bonds. The molecule has 1 aliphatic carbocycles. The van der Waals surface area contributed by atoms with Gasteiger partial charge >= 0.3 is 0 Å². The van der Waals surface area contributed by atoms with Gasteiger partial charge in [-0.15, -0.1) is 0 Å². The van der Waals surface area contributed by atoms with E-state index in [2.05, 4.69) is 22.0 Å². The number of hydrogen-bond acceptors (Lipinski definition) is 2. The maximum atomic E-state index is 13.0. The Balaban J connectivity index is 1.73. The molecule has 0 saturated heterocycles. The topological polar surface area (TPSA) is 35.2 Å². The maximum absolute atomic E-state index is 13.0. The first-order chi connectivity index (χ1) is 9.63. The van der Waals surface area contributed by atoms with E-state index in [4.69, 9.17) is 10.5 Å². The van der Waals surface area contributed by atoms with Crippen molar-refractivity contribution in [3.63, 3.8) is 0 Å². The van der Waals surface area contributed by atoms with Crippen LogP contribution in [0.15, 0.2) is 40.9 Å². The van der Waals surface area contributed by atoms with Crippen molar-refractivity contribution in [2.24, 2.45) is 5.73 Å². The van der Waals surface area contributed by atoms with Crippen molar-refractivity contribution >= 4 is 15.9 Å². The van der Waals surface area contributed by atoms with Crippen LogP contribution in [-0.2, 0) is 13.0 Å². The minimum absolute atomic E-state index is 0.158. The van der Waals surface area contributed by atoms with Crippen LogP contribution in [0.1, 0.15) is 29.2 Å². The van der Waals surface area contributed by atoms with Gasteiger partial charge in [0.05, 0.1) is 0 Å². The first-order valence-corrected chi connectivity index (χ1v) is 7.38. The molecule has 0 aliphatic heterocycles. The SMILES string of the molecule is N[C@@H]1CCc2cc(OCc3ccc(F)cc3Br)ccc21. The Kier molecular flexibility index (Phi) is 3.76. The lowest BCUT2D eigenvalue weighted by molar-refractivity contribution is 0.305. The predicted molar refractivity (Wildman–Crippen MR) is 80.1 cm³/mol. The first kappa shape index (κ1) is 13.6. The lowest BCUT2D eigenvalue weighted by atomic mass is 10.1. The Morgan fingerprint density at radius 3 is 2.90 bits per heavy atom. The molecular formula is C16H15BrFNO. The van der Waals surface area contributed by atoms with Crippen molar-refractivity contribution in [1.29, 1.82) is 0 Å². The third kappa shape index (κ3) is 2.72. The Labute approximate surface area is 125 Å². The summed E-state index contributed by atoms with van der Waals surface area (Å²) < 4.78 is 19.5. The van der Waals surface area contributed by atoms with Gasteiger partial charge in [0, 0.05) is 16.1 Å². The molecule has 0 fully saturated rings. The number of aryl methyl sites for hydroxylation is 1. The smallest absolute Gasteiger partial charge is 0.124 e. The van der Waals surface area contributed by atoms with E-state index >= 15 is 0 Å². The highest BCUT2D eigenvalue weighted by Gasteiger charge is 2.19. The molecule has 0 spiro atoms. The molecule has 2 N–H and O–H groups in total. The van der Waals surface area contributed by atoms with E-state index in [1.807, 2.05) is 12.1 Å². The van der Waals surface area contributed by atoms with Crippen LogP contribution in [0, 0.1) is 5.82 Å². The van der Waals surface area contributed by atoms with Crippen molar-refractivity contribution < 1.29 is 9.13 Å². The molecular weight excluding hydrogens is 321 g/mol. The third-order valence-corrected chi connectivity index (χ3v) is 4.39. The molecule has 0 radical (unpaired) electrons. The second kappa shape index (κ2) is 5.54. The van der Waals surface area contributed by atoms with Gasteiger partial charge in [0.25, 0.3) is 0 Å². The Morgan fingerprint density at radius 1 is 1.25 bits per heavy atom. The van der Waals surface area contributed by atoms with Crippen molar-refractivity contribution in [3.8, 4) is 5.75 Å². The van der Waals surface area contributed by atoms with Gasteiger partial charge in [0.2, 0.25) is 0 Å². The molecule has 2 nitrogen and oxygen atoms in total. The van der Waals surface area contributed by atoms with Crippen LogP contribution in [0.3, 0.4) is 0 Å². The Morgan fingerprint density at radius 2 is 2.10 bits per heavy atom. The molecule has 0 unspecified atom stereocenters. The molecule has 4 heteroatoms. The number of ether oxygens (including phenoxy) is 1. The zero-order valence-electron chi connectivity index (χ0n) is 10.9. The van der Waals surface area contributed by atoms with Crippen LogP contribution in [0.25, 0.3) is 0 Å². The summed E-state index contributed by atoms with van der Waals surface area (Å²) in [6, 6.07) is 10.8. The molecule has 0 bridgehead atoms. The van der Waals surface area contributed by atoms with Crippen molar-refractivity contribution in [1.82, 2.24) is 0 Å². The van der Waals surface area contributed by atoms with Crippen molar-refractivity contribution in [2.75, 3.05) is 0 Å². The molecule has 0 aromatic heterocycles. The van der Waals surface area contributed by atoms with E-state index in [-0.39, 0.29) is 11.9 Å². The summed E-state index contributed by atoms with van der Waals surface area (Å²) in [7, 11) is 0. The number of halogens is 2. The maximum Gasteiger partial charge on any atom is 0.124 e. The Hall–Kier alpha value is -1.39. The van der Waals surface area contributed by atoms with E-state index in [0.717, 1.165) is 28.6 Å². The summed E-state index contributed by atoms with van der Waals surface area (Å²) in [4.78, 5) is 0. The van der Waals surface area contributed by atoms with Crippen LogP contribution < -0.4 is 10.5 Å². The number of benzene rings is 2. The highest BCUT2D eigenvalue weighted by Crippen LogP contribution is 2.32. The number of fused-ring (bicyclic) bond motifs is 1. The zero-order valence-corrected chi connectivity index (χ0v) is 12.5. The van der Waals surface area contributed by atoms with Crippen LogP contribution in [0.4, 0.5) is 4.39 Å². The first-order valence-electron chi connectivity index (χ1n) is 6.58. The van der Waals surface area contributed by atoms with Gasteiger partial charge in [0.15, 0.2) is 0 Å². The van der Waals surface area contributed by atoms with E-state index in [0.29, 0.717) is 6.61 Å². The van der Waals surface area contributed by atoms with Gasteiger partial charge in [-0.3, -0.25) is 0 Å². The molecule has 104 valence electrons. The highest BCUT2D eigenvalue weighted by molar-refractivity contribution is 9.10. The van der Waals surface area contributed by atoms with Crippen LogP contribution in [0.5, 0.6) is 5.75 Å². The normalized spacial score (nSPS) is 17.1. The minimum atomic E-state index is -0.257. The van der Waals surface area contributed by atoms with Crippen molar-refractivity contribution in [2.45, 2.75) is 25.5 Å². The van der Waals surface area contributed by atoms with Crippen molar-refractivity contribution in [3.05, 3.63) is 63.4 Å². The summed E-state index contributed by atoms with van der Waals surface area (Å²) in [6.07, 6.45) is 2.01. The lowest BCUT2D eigenvalue weighted by Crippen LogP contribution is -2.05. The monoisotopic (exact) mass is 335 g/mol. The van der Waals surface area contributed by atoms with Crippen LogP contribution in [-0.4, -0.2) is 0 Å². The quantitative estimate of drug-likeness (QED) is 0.915. The fourth-order valence-electron chi connectivity index (χ4n) is 2.52. The summed E-state index contributed by atoms with van der Waals surface area (Å²) in [5.41, 5.74) is 9.43. The zero-order chi connectivity index (χ0) is 14.1. The molecule has 3 rings (SSSR count). The average molecular weight is 336 g/mol. The molecule has 0 heterocycles. The molecule has 2 aromatic rings. The molecule has 20 heavy (non-hydrogen) atoms. The molecule has 1 atom stereocenters. The predicted octanol–water partition coefficient (Wildman–Crippen LogP) is 4.11. The summed E-state index contributed by atoms with van der Waals surface area (Å²) >= 11 is 3.34. The van der Waals surface area contributed by atoms with E-state index in [9.17, 15) is 4.39 Å². The van der Waals surface area contributed by atoms with Gasteiger partial charge in [-0.25, -0.2) is 4.39 Å². The van der Waals surface area contributed by atoms with E-state index in [1.165, 1.54) is 23.3 Å². The molecule has 0 saturated carbocycles. The minimum Gasteiger partial charge on any atom is -0.489 e. The number of nitrogens with two attached hydrogens (primary N) is 1. The van der Waals surface area contributed by atoms with Crippen LogP contribution in [0.2, 0.25) is 0 Å². The van der Waals surface area contributed by atoms with Gasteiger partial charge in [-0.05, 0) is 48.2 Å². The average Bonchev–Trinajstić information content (AvgIpc) is 2.79. The van der Waals surface area contributed by atoms with E-state index < -0.39 is 0 Å². The molecule has 1 aliphatic rings. The van der Waals surface area contributed by atoms with Gasteiger partial charge < -0.3 is 10.5 Å². The molecule has 2 aromatic carbocycles. The summed E-state index contributed by atoms with van der Waals surface area (Å²) in [5.74, 6) is 0.571. The highest BCUT2D eigenvalue weighted by atomic mass is 79.9. The Bertz CT molecular complexity index is 644. The fourth-order valence-corrected chi connectivity index (χ4v) is 2.98. The summed E-state index contributed by atoms with van der Waals surface area (Å²) in [6.45, 7) is 0.408. The third-order valence-electron chi connectivity index (χ3n) is 3.65.